The van der Waals surface area contributed by atoms with Gasteiger partial charge in [0.1, 0.15) is 17.0 Å². The van der Waals surface area contributed by atoms with Crippen LogP contribution in [-0.4, -0.2) is 28.0 Å². The Balaban J connectivity index is 2.08. The van der Waals surface area contributed by atoms with Gasteiger partial charge in [0.25, 0.3) is 0 Å². The summed E-state index contributed by atoms with van der Waals surface area (Å²) in [5, 5.41) is 2.27. The van der Waals surface area contributed by atoms with Crippen LogP contribution in [0.25, 0.3) is 31.3 Å². The van der Waals surface area contributed by atoms with E-state index in [4.69, 9.17) is 4.98 Å². The van der Waals surface area contributed by atoms with E-state index < -0.39 is 0 Å². The third kappa shape index (κ3) is 1.93. The summed E-state index contributed by atoms with van der Waals surface area (Å²) in [6, 6.07) is 10.4. The zero-order valence-electron chi connectivity index (χ0n) is 12.6. The molecular formula is C17H16N4S. The van der Waals surface area contributed by atoms with E-state index >= 15 is 0 Å². The largest absolute Gasteiger partial charge is 0.356 e. The van der Waals surface area contributed by atoms with Crippen LogP contribution in [0.15, 0.2) is 36.7 Å². The molecule has 0 radical (unpaired) electrons. The Labute approximate surface area is 132 Å². The smallest absolute Gasteiger partial charge is 0.150 e. The molecule has 0 bridgehead atoms. The number of hydrogen-bond donors (Lipinski definition) is 0. The van der Waals surface area contributed by atoms with Gasteiger partial charge in [0.2, 0.25) is 0 Å². The Hall–Kier alpha value is -2.27. The van der Waals surface area contributed by atoms with Crippen LogP contribution in [0.1, 0.15) is 13.8 Å². The van der Waals surface area contributed by atoms with Crippen LogP contribution in [0.2, 0.25) is 0 Å². The molecule has 4 nitrogen and oxygen atoms in total. The van der Waals surface area contributed by atoms with Crippen molar-refractivity contribution >= 4 is 48.5 Å². The molecule has 0 fully saturated rings. The van der Waals surface area contributed by atoms with Crippen LogP contribution in [0.5, 0.6) is 0 Å². The maximum absolute atomic E-state index is 4.80. The Bertz CT molecular complexity index is 972. The van der Waals surface area contributed by atoms with Crippen LogP contribution in [-0.2, 0) is 0 Å². The molecule has 0 saturated carbocycles. The number of hydrogen-bond acceptors (Lipinski definition) is 5. The molecule has 3 heterocycles. The molecule has 5 heteroatoms. The van der Waals surface area contributed by atoms with Gasteiger partial charge in [-0.3, -0.25) is 0 Å². The highest BCUT2D eigenvalue weighted by Crippen LogP contribution is 2.37. The van der Waals surface area contributed by atoms with Crippen molar-refractivity contribution in [3.63, 3.8) is 0 Å². The third-order valence-corrected chi connectivity index (χ3v) is 5.08. The summed E-state index contributed by atoms with van der Waals surface area (Å²) in [6.07, 6.45) is 1.66. The second-order valence-electron chi connectivity index (χ2n) is 5.18. The predicted molar refractivity (Wildman–Crippen MR) is 93.8 cm³/mol. The lowest BCUT2D eigenvalue weighted by molar-refractivity contribution is 0.850. The quantitative estimate of drug-likeness (QED) is 0.568. The van der Waals surface area contributed by atoms with E-state index in [2.05, 4.69) is 46.9 Å². The van der Waals surface area contributed by atoms with E-state index in [9.17, 15) is 0 Å². The molecule has 4 rings (SSSR count). The molecule has 0 amide bonds. The second-order valence-corrected chi connectivity index (χ2v) is 6.18. The van der Waals surface area contributed by atoms with Gasteiger partial charge in [0.15, 0.2) is 0 Å². The first-order valence-electron chi connectivity index (χ1n) is 7.49. The number of nitrogens with zero attached hydrogens (tertiary/aromatic N) is 4. The molecule has 4 aromatic rings. The lowest BCUT2D eigenvalue weighted by atomic mass is 10.2. The SMILES string of the molecule is CCN(CC)c1ncnc2c1sc1nc3ccccc3cc12. The number of benzene rings is 1. The van der Waals surface area contributed by atoms with Crippen LogP contribution in [0.4, 0.5) is 5.82 Å². The fraction of sp³-hybridized carbons (Fsp3) is 0.235. The second kappa shape index (κ2) is 5.18. The number of aromatic nitrogens is 3. The predicted octanol–water partition coefficient (Wildman–Crippen LogP) is 4.24. The van der Waals surface area contributed by atoms with Gasteiger partial charge >= 0.3 is 0 Å². The standard InChI is InChI=1S/C17H16N4S/c1-3-21(4-2)16-15-14(18-10-19-16)12-9-11-7-5-6-8-13(11)20-17(12)22-15/h5-10H,3-4H2,1-2H3. The minimum Gasteiger partial charge on any atom is -0.356 e. The lowest BCUT2D eigenvalue weighted by Crippen LogP contribution is -2.22. The molecule has 0 spiro atoms. The number of pyridine rings is 1. The van der Waals surface area contributed by atoms with Crippen molar-refractivity contribution in [2.45, 2.75) is 13.8 Å². The molecule has 0 N–H and O–H groups in total. The van der Waals surface area contributed by atoms with E-state index in [0.29, 0.717) is 0 Å². The zero-order valence-corrected chi connectivity index (χ0v) is 13.4. The maximum Gasteiger partial charge on any atom is 0.150 e. The van der Waals surface area contributed by atoms with Crippen LogP contribution < -0.4 is 4.90 Å². The Morgan fingerprint density at radius 3 is 2.73 bits per heavy atom. The highest BCUT2D eigenvalue weighted by Gasteiger charge is 2.15. The Kier molecular flexibility index (Phi) is 3.15. The molecular weight excluding hydrogens is 292 g/mol. The van der Waals surface area contributed by atoms with Gasteiger partial charge in [-0.05, 0) is 26.0 Å². The van der Waals surface area contributed by atoms with E-state index in [1.54, 1.807) is 17.7 Å². The topological polar surface area (TPSA) is 41.9 Å². The number of thiophene rings is 1. The van der Waals surface area contributed by atoms with Crippen molar-refractivity contribution in [1.29, 1.82) is 0 Å². The molecule has 0 atom stereocenters. The summed E-state index contributed by atoms with van der Waals surface area (Å²) in [5.74, 6) is 1.02. The van der Waals surface area contributed by atoms with Gasteiger partial charge in [-0.2, -0.15) is 0 Å². The molecule has 22 heavy (non-hydrogen) atoms. The van der Waals surface area contributed by atoms with Gasteiger partial charge in [0, 0.05) is 23.9 Å². The molecule has 0 saturated heterocycles. The van der Waals surface area contributed by atoms with Crippen LogP contribution >= 0.6 is 11.3 Å². The monoisotopic (exact) mass is 308 g/mol. The van der Waals surface area contributed by atoms with Crippen molar-refractivity contribution in [2.75, 3.05) is 18.0 Å². The van der Waals surface area contributed by atoms with E-state index in [1.807, 2.05) is 12.1 Å². The Morgan fingerprint density at radius 2 is 1.91 bits per heavy atom. The molecule has 0 aliphatic carbocycles. The van der Waals surface area contributed by atoms with Gasteiger partial charge in [-0.25, -0.2) is 15.0 Å². The minimum absolute atomic E-state index is 0.937. The fourth-order valence-corrected chi connectivity index (χ4v) is 3.98. The number of anilines is 1. The number of rotatable bonds is 3. The third-order valence-electron chi connectivity index (χ3n) is 3.99. The van der Waals surface area contributed by atoms with Crippen LogP contribution in [0, 0.1) is 0 Å². The first-order valence-corrected chi connectivity index (χ1v) is 8.31. The summed E-state index contributed by atoms with van der Waals surface area (Å²) in [4.78, 5) is 17.1. The normalized spacial score (nSPS) is 11.5. The highest BCUT2D eigenvalue weighted by atomic mass is 32.1. The molecule has 3 aromatic heterocycles. The van der Waals surface area contributed by atoms with E-state index in [-0.39, 0.29) is 0 Å². The summed E-state index contributed by atoms with van der Waals surface area (Å²) in [5.41, 5.74) is 2.04. The van der Waals surface area contributed by atoms with Crippen LogP contribution in [0.3, 0.4) is 0 Å². The number of fused-ring (bicyclic) bond motifs is 4. The number of para-hydroxylation sites is 1. The summed E-state index contributed by atoms with van der Waals surface area (Å²) in [6.45, 7) is 6.17. The van der Waals surface area contributed by atoms with Crippen molar-refractivity contribution in [1.82, 2.24) is 15.0 Å². The van der Waals surface area contributed by atoms with Crippen molar-refractivity contribution in [2.24, 2.45) is 0 Å². The summed E-state index contributed by atoms with van der Waals surface area (Å²) >= 11 is 1.68. The van der Waals surface area contributed by atoms with Gasteiger partial charge in [0.05, 0.1) is 15.7 Å². The summed E-state index contributed by atoms with van der Waals surface area (Å²) in [7, 11) is 0. The lowest BCUT2D eigenvalue weighted by Gasteiger charge is -2.19. The minimum atomic E-state index is 0.937. The fourth-order valence-electron chi connectivity index (χ4n) is 2.84. The summed E-state index contributed by atoms with van der Waals surface area (Å²) < 4.78 is 1.13. The average molecular weight is 308 g/mol. The molecule has 0 aliphatic rings. The molecule has 0 unspecified atom stereocenters. The van der Waals surface area contributed by atoms with E-state index in [1.165, 1.54) is 0 Å². The van der Waals surface area contributed by atoms with Crippen molar-refractivity contribution in [3.05, 3.63) is 36.7 Å². The van der Waals surface area contributed by atoms with Gasteiger partial charge in [-0.1, -0.05) is 18.2 Å². The van der Waals surface area contributed by atoms with E-state index in [0.717, 1.165) is 50.2 Å². The Morgan fingerprint density at radius 1 is 1.09 bits per heavy atom. The maximum atomic E-state index is 4.80. The average Bonchev–Trinajstić information content (AvgIpc) is 2.92. The highest BCUT2D eigenvalue weighted by molar-refractivity contribution is 7.26. The van der Waals surface area contributed by atoms with Crippen molar-refractivity contribution < 1.29 is 0 Å². The first kappa shape index (κ1) is 13.4. The van der Waals surface area contributed by atoms with Gasteiger partial charge in [-0.15, -0.1) is 11.3 Å². The zero-order chi connectivity index (χ0) is 15.1. The molecule has 110 valence electrons. The van der Waals surface area contributed by atoms with Crippen molar-refractivity contribution in [3.8, 4) is 0 Å². The molecule has 1 aromatic carbocycles. The first-order chi connectivity index (χ1) is 10.8. The molecule has 0 aliphatic heterocycles. The van der Waals surface area contributed by atoms with Gasteiger partial charge < -0.3 is 4.90 Å².